The molecule has 1 aromatic carbocycles. The number of hydrogen-bond acceptors (Lipinski definition) is 3. The highest BCUT2D eigenvalue weighted by Gasteiger charge is 2.25. The Kier molecular flexibility index (Phi) is 6.54. The number of urea groups is 1. The maximum Gasteiger partial charge on any atom is 0.315 e. The highest BCUT2D eigenvalue weighted by atomic mass is 35.5. The van der Waals surface area contributed by atoms with Gasteiger partial charge in [0.05, 0.1) is 0 Å². The highest BCUT2D eigenvalue weighted by molar-refractivity contribution is 6.30. The molecule has 0 saturated carbocycles. The maximum atomic E-state index is 12.1. The third kappa shape index (κ3) is 5.29. The summed E-state index contributed by atoms with van der Waals surface area (Å²) in [5.74, 6) is 0.291. The molecule has 1 aromatic rings. The molecule has 0 radical (unpaired) electrons. The van der Waals surface area contributed by atoms with Gasteiger partial charge in [-0.1, -0.05) is 31.5 Å². The molecule has 0 bridgehead atoms. The predicted octanol–water partition coefficient (Wildman–Crippen LogP) is 2.62. The van der Waals surface area contributed by atoms with Crippen molar-refractivity contribution in [3.05, 3.63) is 29.3 Å². The average Bonchev–Trinajstić information content (AvgIpc) is 2.95. The van der Waals surface area contributed by atoms with Crippen molar-refractivity contribution in [1.82, 2.24) is 10.6 Å². The fourth-order valence-electron chi connectivity index (χ4n) is 2.89. The summed E-state index contributed by atoms with van der Waals surface area (Å²) in [6.45, 7) is 5.83. The number of nitrogens with one attached hydrogen (secondary N) is 2. The molecule has 2 rings (SSSR count). The van der Waals surface area contributed by atoms with E-state index >= 15 is 0 Å². The van der Waals surface area contributed by atoms with Crippen LogP contribution >= 0.6 is 11.6 Å². The van der Waals surface area contributed by atoms with E-state index in [4.69, 9.17) is 16.7 Å². The van der Waals surface area contributed by atoms with Gasteiger partial charge in [-0.25, -0.2) is 4.79 Å². The number of aliphatic hydroxyl groups excluding tert-OH is 1. The van der Waals surface area contributed by atoms with E-state index in [0.717, 1.165) is 30.2 Å². The van der Waals surface area contributed by atoms with Crippen LogP contribution in [0.1, 0.15) is 26.7 Å². The van der Waals surface area contributed by atoms with Gasteiger partial charge < -0.3 is 20.6 Å². The summed E-state index contributed by atoms with van der Waals surface area (Å²) in [6, 6.07) is 7.73. The number of amides is 2. The van der Waals surface area contributed by atoms with Crippen LogP contribution in [0.2, 0.25) is 5.02 Å². The van der Waals surface area contributed by atoms with E-state index in [1.807, 2.05) is 38.1 Å². The molecule has 0 spiro atoms. The Morgan fingerprint density at radius 3 is 2.91 bits per heavy atom. The molecule has 1 aliphatic rings. The zero-order chi connectivity index (χ0) is 16.8. The molecule has 128 valence electrons. The van der Waals surface area contributed by atoms with Crippen molar-refractivity contribution in [2.75, 3.05) is 24.6 Å². The fourth-order valence-corrected chi connectivity index (χ4v) is 3.08. The van der Waals surface area contributed by atoms with E-state index < -0.39 is 0 Å². The van der Waals surface area contributed by atoms with Crippen LogP contribution in [0.25, 0.3) is 0 Å². The fraction of sp³-hybridized carbons (Fsp3) is 0.588. The Labute approximate surface area is 143 Å². The monoisotopic (exact) mass is 339 g/mol. The summed E-state index contributed by atoms with van der Waals surface area (Å²) < 4.78 is 0. The Bertz CT molecular complexity index is 524. The quantitative estimate of drug-likeness (QED) is 0.746. The van der Waals surface area contributed by atoms with Crippen LogP contribution in [0.4, 0.5) is 10.5 Å². The van der Waals surface area contributed by atoms with Gasteiger partial charge in [-0.2, -0.15) is 0 Å². The van der Waals surface area contributed by atoms with E-state index in [1.54, 1.807) is 0 Å². The SMILES string of the molecule is CC(C)C(CCO)NC(=O)NC1CCN(c2cccc(Cl)c2)C1. The van der Waals surface area contributed by atoms with Crippen molar-refractivity contribution >= 4 is 23.3 Å². The number of nitrogens with zero attached hydrogens (tertiary/aromatic N) is 1. The molecule has 5 nitrogen and oxygen atoms in total. The van der Waals surface area contributed by atoms with Gasteiger partial charge in [0.1, 0.15) is 0 Å². The first kappa shape index (κ1) is 17.9. The van der Waals surface area contributed by atoms with E-state index in [0.29, 0.717) is 12.3 Å². The van der Waals surface area contributed by atoms with Crippen molar-refractivity contribution in [3.8, 4) is 0 Å². The summed E-state index contributed by atoms with van der Waals surface area (Å²) in [4.78, 5) is 14.4. The van der Waals surface area contributed by atoms with Crippen LogP contribution in [0.15, 0.2) is 24.3 Å². The van der Waals surface area contributed by atoms with Crippen molar-refractivity contribution in [2.24, 2.45) is 5.92 Å². The van der Waals surface area contributed by atoms with Crippen LogP contribution < -0.4 is 15.5 Å². The zero-order valence-corrected chi connectivity index (χ0v) is 14.5. The molecule has 2 unspecified atom stereocenters. The minimum atomic E-state index is -0.157. The van der Waals surface area contributed by atoms with Gasteiger partial charge >= 0.3 is 6.03 Å². The van der Waals surface area contributed by atoms with Crippen molar-refractivity contribution in [3.63, 3.8) is 0 Å². The molecule has 1 heterocycles. The highest BCUT2D eigenvalue weighted by Crippen LogP contribution is 2.23. The number of carbonyl (C=O) groups is 1. The minimum Gasteiger partial charge on any atom is -0.396 e. The number of benzene rings is 1. The molecule has 2 amide bonds. The second-order valence-corrected chi connectivity index (χ2v) is 6.83. The van der Waals surface area contributed by atoms with Gasteiger partial charge in [0.25, 0.3) is 0 Å². The molecule has 0 aromatic heterocycles. The summed E-state index contributed by atoms with van der Waals surface area (Å²) in [5, 5.41) is 15.8. The molecule has 23 heavy (non-hydrogen) atoms. The van der Waals surface area contributed by atoms with Crippen molar-refractivity contribution in [1.29, 1.82) is 0 Å². The molecule has 1 fully saturated rings. The van der Waals surface area contributed by atoms with E-state index in [2.05, 4.69) is 15.5 Å². The minimum absolute atomic E-state index is 0.00886. The summed E-state index contributed by atoms with van der Waals surface area (Å²) in [5.41, 5.74) is 1.09. The summed E-state index contributed by atoms with van der Waals surface area (Å²) >= 11 is 6.03. The van der Waals surface area contributed by atoms with Crippen molar-refractivity contribution < 1.29 is 9.90 Å². The first-order valence-corrected chi connectivity index (χ1v) is 8.55. The van der Waals surface area contributed by atoms with Gasteiger partial charge in [0.15, 0.2) is 0 Å². The zero-order valence-electron chi connectivity index (χ0n) is 13.8. The number of carbonyl (C=O) groups excluding carboxylic acids is 1. The number of halogens is 1. The number of hydrogen-bond donors (Lipinski definition) is 3. The molecule has 0 aliphatic carbocycles. The summed E-state index contributed by atoms with van der Waals surface area (Å²) in [7, 11) is 0. The van der Waals surface area contributed by atoms with E-state index in [9.17, 15) is 4.79 Å². The van der Waals surface area contributed by atoms with Crippen LogP contribution in [0, 0.1) is 5.92 Å². The Balaban J connectivity index is 1.84. The standard InChI is InChI=1S/C17H26ClN3O2/c1-12(2)16(7-9-22)20-17(23)19-14-6-8-21(11-14)15-5-3-4-13(18)10-15/h3-5,10,12,14,16,22H,6-9,11H2,1-2H3,(H2,19,20,23). The molecular weight excluding hydrogens is 314 g/mol. The van der Waals surface area contributed by atoms with Gasteiger partial charge in [0.2, 0.25) is 0 Å². The largest absolute Gasteiger partial charge is 0.396 e. The lowest BCUT2D eigenvalue weighted by Gasteiger charge is -2.23. The first-order chi connectivity index (χ1) is 11.0. The Hall–Kier alpha value is -1.46. The summed E-state index contributed by atoms with van der Waals surface area (Å²) in [6.07, 6.45) is 1.48. The number of rotatable bonds is 6. The lowest BCUT2D eigenvalue weighted by Crippen LogP contribution is -2.48. The second kappa shape index (κ2) is 8.41. The predicted molar refractivity (Wildman–Crippen MR) is 94.1 cm³/mol. The van der Waals surface area contributed by atoms with E-state index in [1.165, 1.54) is 0 Å². The lowest BCUT2D eigenvalue weighted by atomic mass is 10.0. The van der Waals surface area contributed by atoms with Crippen LogP contribution in [-0.4, -0.2) is 42.9 Å². The first-order valence-electron chi connectivity index (χ1n) is 8.18. The Morgan fingerprint density at radius 2 is 2.26 bits per heavy atom. The molecule has 6 heteroatoms. The lowest BCUT2D eigenvalue weighted by molar-refractivity contribution is 0.216. The average molecular weight is 340 g/mol. The number of anilines is 1. The molecule has 2 atom stereocenters. The third-order valence-electron chi connectivity index (χ3n) is 4.26. The topological polar surface area (TPSA) is 64.6 Å². The van der Waals surface area contributed by atoms with Gasteiger partial charge in [-0.05, 0) is 37.0 Å². The van der Waals surface area contributed by atoms with Crippen LogP contribution in [0.3, 0.4) is 0 Å². The van der Waals surface area contributed by atoms with Gasteiger partial charge in [0, 0.05) is 42.5 Å². The number of aliphatic hydroxyl groups is 1. The van der Waals surface area contributed by atoms with Gasteiger partial charge in [-0.3, -0.25) is 0 Å². The third-order valence-corrected chi connectivity index (χ3v) is 4.49. The van der Waals surface area contributed by atoms with Crippen LogP contribution in [-0.2, 0) is 0 Å². The molecule has 1 saturated heterocycles. The normalized spacial score (nSPS) is 19.0. The molecule has 1 aliphatic heterocycles. The smallest absolute Gasteiger partial charge is 0.315 e. The van der Waals surface area contributed by atoms with Gasteiger partial charge in [-0.15, -0.1) is 0 Å². The van der Waals surface area contributed by atoms with Crippen LogP contribution in [0.5, 0.6) is 0 Å². The maximum absolute atomic E-state index is 12.1. The Morgan fingerprint density at radius 1 is 1.48 bits per heavy atom. The molecular formula is C17H26ClN3O2. The van der Waals surface area contributed by atoms with E-state index in [-0.39, 0.29) is 24.7 Å². The second-order valence-electron chi connectivity index (χ2n) is 6.39. The van der Waals surface area contributed by atoms with Crippen molar-refractivity contribution in [2.45, 2.75) is 38.8 Å². The molecule has 3 N–H and O–H groups in total.